The third kappa shape index (κ3) is 1.66. The molecule has 14 heavy (non-hydrogen) atoms. The molecule has 3 heteroatoms. The molecule has 0 saturated carbocycles. The second-order valence-electron chi connectivity index (χ2n) is 3.35. The van der Waals surface area contributed by atoms with Gasteiger partial charge in [-0.25, -0.2) is 9.97 Å². The second-order valence-corrected chi connectivity index (χ2v) is 3.35. The van der Waals surface area contributed by atoms with Gasteiger partial charge >= 0.3 is 0 Å². The fourth-order valence-electron chi connectivity index (χ4n) is 1.42. The third-order valence-electron chi connectivity index (χ3n) is 1.96. The molecule has 0 spiro atoms. The minimum atomic E-state index is 0.772. The maximum absolute atomic E-state index is 5.49. The van der Waals surface area contributed by atoms with Gasteiger partial charge in [0.2, 0.25) is 0 Å². The summed E-state index contributed by atoms with van der Waals surface area (Å²) in [6.45, 7) is 5.75. The van der Waals surface area contributed by atoms with Gasteiger partial charge in [-0.2, -0.15) is 0 Å². The summed E-state index contributed by atoms with van der Waals surface area (Å²) in [5, 5.41) is 0. The summed E-state index contributed by atoms with van der Waals surface area (Å²) in [4.78, 5) is 8.53. The van der Waals surface area contributed by atoms with Crippen LogP contribution in [-0.4, -0.2) is 9.97 Å². The van der Waals surface area contributed by atoms with E-state index in [1.807, 2.05) is 39.0 Å². The van der Waals surface area contributed by atoms with Crippen LogP contribution in [0.3, 0.4) is 0 Å². The molecule has 0 aliphatic heterocycles. The Morgan fingerprint density at radius 2 is 1.86 bits per heavy atom. The number of hydrogen-bond donors (Lipinski definition) is 0. The van der Waals surface area contributed by atoms with Gasteiger partial charge in [0.05, 0.1) is 0 Å². The summed E-state index contributed by atoms with van der Waals surface area (Å²) >= 11 is 0. The Morgan fingerprint density at radius 1 is 1.07 bits per heavy atom. The lowest BCUT2D eigenvalue weighted by atomic mass is 10.3. The lowest BCUT2D eigenvalue weighted by molar-refractivity contribution is 0.546. The van der Waals surface area contributed by atoms with E-state index < -0.39 is 0 Å². The molecule has 2 aromatic heterocycles. The van der Waals surface area contributed by atoms with Crippen molar-refractivity contribution in [2.45, 2.75) is 20.8 Å². The molecular weight excluding hydrogens is 176 g/mol. The summed E-state index contributed by atoms with van der Waals surface area (Å²) < 4.78 is 5.49. The highest BCUT2D eigenvalue weighted by molar-refractivity contribution is 5.52. The molecule has 0 N–H and O–H groups in total. The van der Waals surface area contributed by atoms with Gasteiger partial charge < -0.3 is 4.42 Å². The van der Waals surface area contributed by atoms with E-state index in [9.17, 15) is 0 Å². The first-order valence-electron chi connectivity index (χ1n) is 4.54. The van der Waals surface area contributed by atoms with E-state index in [-0.39, 0.29) is 0 Å². The molecule has 0 saturated heterocycles. The predicted molar refractivity (Wildman–Crippen MR) is 53.9 cm³/mol. The smallest absolute Gasteiger partial charge is 0.152 e. The Bertz CT molecular complexity index is 440. The van der Waals surface area contributed by atoms with Crippen molar-refractivity contribution >= 4 is 0 Å². The van der Waals surface area contributed by atoms with Crippen molar-refractivity contribution in [3.63, 3.8) is 0 Å². The second kappa shape index (κ2) is 3.25. The number of nitrogens with zero attached hydrogens (tertiary/aromatic N) is 2. The van der Waals surface area contributed by atoms with Crippen molar-refractivity contribution in [1.29, 1.82) is 0 Å². The van der Waals surface area contributed by atoms with E-state index in [1.54, 1.807) is 0 Å². The van der Waals surface area contributed by atoms with Crippen LogP contribution in [0.5, 0.6) is 0 Å². The van der Waals surface area contributed by atoms with E-state index in [1.165, 1.54) is 0 Å². The van der Waals surface area contributed by atoms with Gasteiger partial charge in [-0.05, 0) is 39.0 Å². The average Bonchev–Trinajstić information content (AvgIpc) is 2.50. The van der Waals surface area contributed by atoms with Gasteiger partial charge in [0.1, 0.15) is 17.3 Å². The van der Waals surface area contributed by atoms with Crippen LogP contribution in [0.4, 0.5) is 0 Å². The monoisotopic (exact) mass is 188 g/mol. The van der Waals surface area contributed by atoms with Crippen molar-refractivity contribution in [2.75, 3.05) is 0 Å². The standard InChI is InChI=1S/C11H12N2O/c1-7-6-10(13-9(3)12-7)11-5-4-8(2)14-11/h4-6H,1-3H3. The molecule has 0 aliphatic rings. The topological polar surface area (TPSA) is 38.9 Å². The van der Waals surface area contributed by atoms with Crippen LogP contribution in [0, 0.1) is 20.8 Å². The Kier molecular flexibility index (Phi) is 2.08. The van der Waals surface area contributed by atoms with Gasteiger partial charge in [-0.1, -0.05) is 0 Å². The van der Waals surface area contributed by atoms with Crippen LogP contribution in [-0.2, 0) is 0 Å². The lowest BCUT2D eigenvalue weighted by Gasteiger charge is -1.99. The van der Waals surface area contributed by atoms with Crippen LogP contribution in [0.2, 0.25) is 0 Å². The molecule has 0 amide bonds. The maximum Gasteiger partial charge on any atom is 0.152 e. The van der Waals surface area contributed by atoms with Crippen molar-refractivity contribution in [3.05, 3.63) is 35.5 Å². The third-order valence-corrected chi connectivity index (χ3v) is 1.96. The first-order valence-corrected chi connectivity index (χ1v) is 4.54. The van der Waals surface area contributed by atoms with Crippen LogP contribution >= 0.6 is 0 Å². The number of aryl methyl sites for hydroxylation is 3. The fraction of sp³-hybridized carbons (Fsp3) is 0.273. The van der Waals surface area contributed by atoms with Crippen molar-refractivity contribution in [1.82, 2.24) is 9.97 Å². The van der Waals surface area contributed by atoms with Gasteiger partial charge in [-0.15, -0.1) is 0 Å². The molecule has 2 aromatic rings. The van der Waals surface area contributed by atoms with Gasteiger partial charge in [0.25, 0.3) is 0 Å². The highest BCUT2D eigenvalue weighted by Gasteiger charge is 2.05. The number of aromatic nitrogens is 2. The highest BCUT2D eigenvalue weighted by Crippen LogP contribution is 2.20. The molecule has 0 bridgehead atoms. The summed E-state index contributed by atoms with van der Waals surface area (Å²) in [6, 6.07) is 5.78. The first-order chi connectivity index (χ1) is 6.65. The lowest BCUT2D eigenvalue weighted by Crippen LogP contribution is -1.92. The van der Waals surface area contributed by atoms with Gasteiger partial charge in [-0.3, -0.25) is 0 Å². The van der Waals surface area contributed by atoms with Crippen molar-refractivity contribution in [2.24, 2.45) is 0 Å². The zero-order chi connectivity index (χ0) is 10.1. The number of rotatable bonds is 1. The Morgan fingerprint density at radius 3 is 2.43 bits per heavy atom. The van der Waals surface area contributed by atoms with Gasteiger partial charge in [0.15, 0.2) is 5.76 Å². The Labute approximate surface area is 82.8 Å². The minimum absolute atomic E-state index is 0.772. The van der Waals surface area contributed by atoms with Crippen LogP contribution < -0.4 is 0 Å². The summed E-state index contributed by atoms with van der Waals surface area (Å²) in [7, 11) is 0. The van der Waals surface area contributed by atoms with Crippen molar-refractivity contribution < 1.29 is 4.42 Å². The van der Waals surface area contributed by atoms with Crippen LogP contribution in [0.1, 0.15) is 17.3 Å². The highest BCUT2D eigenvalue weighted by atomic mass is 16.3. The number of furan rings is 1. The zero-order valence-corrected chi connectivity index (χ0v) is 8.53. The summed E-state index contributed by atoms with van der Waals surface area (Å²) in [6.07, 6.45) is 0. The molecule has 2 rings (SSSR count). The van der Waals surface area contributed by atoms with E-state index in [4.69, 9.17) is 4.42 Å². The minimum Gasteiger partial charge on any atom is -0.460 e. The molecule has 2 heterocycles. The van der Waals surface area contributed by atoms with E-state index >= 15 is 0 Å². The molecule has 0 fully saturated rings. The molecular formula is C11H12N2O. The van der Waals surface area contributed by atoms with E-state index in [0.29, 0.717) is 0 Å². The molecule has 3 nitrogen and oxygen atoms in total. The quantitative estimate of drug-likeness (QED) is 0.690. The van der Waals surface area contributed by atoms with Crippen LogP contribution in [0.25, 0.3) is 11.5 Å². The summed E-state index contributed by atoms with van der Waals surface area (Å²) in [5.74, 6) is 2.47. The Hall–Kier alpha value is -1.64. The molecule has 0 radical (unpaired) electrons. The molecule has 72 valence electrons. The predicted octanol–water partition coefficient (Wildman–Crippen LogP) is 2.66. The van der Waals surface area contributed by atoms with E-state index in [0.717, 1.165) is 28.7 Å². The SMILES string of the molecule is Cc1cc(-c2ccc(C)o2)nc(C)n1. The summed E-state index contributed by atoms with van der Waals surface area (Å²) in [5.41, 5.74) is 1.81. The van der Waals surface area contributed by atoms with Crippen LogP contribution in [0.15, 0.2) is 22.6 Å². The van der Waals surface area contributed by atoms with Crippen molar-refractivity contribution in [3.8, 4) is 11.5 Å². The van der Waals surface area contributed by atoms with Gasteiger partial charge in [0, 0.05) is 5.69 Å². The fourth-order valence-corrected chi connectivity index (χ4v) is 1.42. The average molecular weight is 188 g/mol. The Balaban J connectivity index is 2.51. The molecule has 0 atom stereocenters. The normalized spacial score (nSPS) is 10.5. The zero-order valence-electron chi connectivity index (χ0n) is 8.53. The molecule has 0 unspecified atom stereocenters. The molecule has 0 aromatic carbocycles. The molecule has 0 aliphatic carbocycles. The maximum atomic E-state index is 5.49. The van der Waals surface area contributed by atoms with E-state index in [2.05, 4.69) is 9.97 Å². The first kappa shape index (κ1) is 8.94. The number of hydrogen-bond acceptors (Lipinski definition) is 3. The largest absolute Gasteiger partial charge is 0.460 e.